The van der Waals surface area contributed by atoms with Crippen molar-refractivity contribution < 1.29 is 18.9 Å². The van der Waals surface area contributed by atoms with Crippen LogP contribution < -0.4 is 9.47 Å². The maximum absolute atomic E-state index is 7.08. The first-order valence-corrected chi connectivity index (χ1v) is 13.3. The number of likely N-dealkylation sites (tertiary alicyclic amines) is 1. The zero-order valence-electron chi connectivity index (χ0n) is 21.4. The molecule has 35 heavy (non-hydrogen) atoms. The van der Waals surface area contributed by atoms with Gasteiger partial charge in [-0.1, -0.05) is 43.3 Å². The van der Waals surface area contributed by atoms with E-state index < -0.39 is 0 Å². The average molecular weight is 476 g/mol. The fourth-order valence-corrected chi connectivity index (χ4v) is 9.66. The van der Waals surface area contributed by atoms with E-state index in [0.29, 0.717) is 25.2 Å². The summed E-state index contributed by atoms with van der Waals surface area (Å²) in [7, 11) is 6.01. The van der Waals surface area contributed by atoms with E-state index in [4.69, 9.17) is 18.9 Å². The Morgan fingerprint density at radius 3 is 2.66 bits per heavy atom. The molecule has 2 aliphatic heterocycles. The van der Waals surface area contributed by atoms with Gasteiger partial charge in [-0.25, -0.2) is 0 Å². The molecule has 5 heteroatoms. The van der Waals surface area contributed by atoms with Gasteiger partial charge >= 0.3 is 0 Å². The first-order valence-electron chi connectivity index (χ1n) is 13.3. The smallest absolute Gasteiger partial charge is 0.165 e. The largest absolute Gasteiger partial charge is 0.493 e. The number of nitrogens with zero attached hydrogens (tertiary/aromatic N) is 1. The van der Waals surface area contributed by atoms with Gasteiger partial charge in [-0.15, -0.1) is 0 Å². The van der Waals surface area contributed by atoms with Gasteiger partial charge < -0.3 is 23.8 Å². The molecule has 0 radical (unpaired) electrons. The Hall–Kier alpha value is -2.08. The molecule has 4 bridgehead atoms. The van der Waals surface area contributed by atoms with Crippen LogP contribution in [0.25, 0.3) is 0 Å². The highest BCUT2D eigenvalue weighted by molar-refractivity contribution is 5.63. The highest BCUT2D eigenvalue weighted by atomic mass is 16.6. The second-order valence-corrected chi connectivity index (χ2v) is 11.6. The maximum Gasteiger partial charge on any atom is 0.165 e. The fourth-order valence-electron chi connectivity index (χ4n) is 9.66. The van der Waals surface area contributed by atoms with E-state index in [1.165, 1.54) is 23.1 Å². The highest BCUT2D eigenvalue weighted by Gasteiger charge is 2.82. The third kappa shape index (κ3) is 2.45. The lowest BCUT2D eigenvalue weighted by Crippen LogP contribution is -2.83. The number of hydrogen-bond donors (Lipinski definition) is 0. The molecule has 5 nitrogen and oxygen atoms in total. The molecule has 2 heterocycles. The summed E-state index contributed by atoms with van der Waals surface area (Å²) in [5, 5.41) is 0. The lowest BCUT2D eigenvalue weighted by molar-refractivity contribution is -0.306. The molecule has 2 aromatic carbocycles. The standard InChI is InChI=1S/C30H37NO4/c1-19-22(18-34-17-20-8-6-5-7-9-20)30(33-4)13-12-28(19)24-16-21-10-11-23(32-3)26-25(21)29(28,27(30)35-26)14-15-31(24)2/h5-11,19,22,24,27H,12-18H2,1-4H3/t19-,22-,24+,27+,28+,29-,30+/m0/s1. The SMILES string of the molecule is COc1ccc2c3c1O[C@H]1[C@@]4(OC)CC[C@@]5([C@@H](C)[C@@H]4COCc4ccccc4)[C@@H](C2)N(C)CC[C@]315. The van der Waals surface area contributed by atoms with Crippen molar-refractivity contribution in [3.63, 3.8) is 0 Å². The summed E-state index contributed by atoms with van der Waals surface area (Å²) in [5.74, 6) is 2.60. The number of rotatable bonds is 6. The maximum atomic E-state index is 7.08. The molecule has 4 aliphatic carbocycles. The van der Waals surface area contributed by atoms with Gasteiger partial charge in [0.2, 0.25) is 0 Å². The van der Waals surface area contributed by atoms with Crippen molar-refractivity contribution in [1.29, 1.82) is 0 Å². The highest BCUT2D eigenvalue weighted by Crippen LogP contribution is 2.78. The Morgan fingerprint density at radius 2 is 1.89 bits per heavy atom. The number of ether oxygens (including phenoxy) is 4. The van der Waals surface area contributed by atoms with E-state index in [1.54, 1.807) is 7.11 Å². The zero-order chi connectivity index (χ0) is 24.0. The Bertz CT molecular complexity index is 1150. The van der Waals surface area contributed by atoms with Gasteiger partial charge in [-0.05, 0) is 62.4 Å². The second-order valence-electron chi connectivity index (χ2n) is 11.6. The number of methoxy groups -OCH3 is 2. The van der Waals surface area contributed by atoms with Gasteiger partial charge in [-0.3, -0.25) is 0 Å². The van der Waals surface area contributed by atoms with Gasteiger partial charge in [0.25, 0.3) is 0 Å². The van der Waals surface area contributed by atoms with Crippen LogP contribution in [0.5, 0.6) is 11.5 Å². The van der Waals surface area contributed by atoms with Crippen LogP contribution in [-0.4, -0.2) is 57.1 Å². The van der Waals surface area contributed by atoms with E-state index in [2.05, 4.69) is 61.3 Å². The van der Waals surface area contributed by atoms with Crippen LogP contribution in [0.1, 0.15) is 42.9 Å². The van der Waals surface area contributed by atoms with Crippen molar-refractivity contribution in [2.24, 2.45) is 17.3 Å². The van der Waals surface area contributed by atoms with E-state index in [0.717, 1.165) is 37.3 Å². The molecule has 6 aliphatic rings. The molecule has 8 rings (SSSR count). The molecule has 2 spiro atoms. The van der Waals surface area contributed by atoms with Crippen molar-refractivity contribution in [3.05, 3.63) is 59.2 Å². The van der Waals surface area contributed by atoms with Crippen LogP contribution in [0.3, 0.4) is 0 Å². The number of hydrogen-bond acceptors (Lipinski definition) is 5. The van der Waals surface area contributed by atoms with Crippen molar-refractivity contribution >= 4 is 0 Å². The monoisotopic (exact) mass is 475 g/mol. The molecule has 2 aromatic rings. The van der Waals surface area contributed by atoms with Crippen molar-refractivity contribution in [3.8, 4) is 11.5 Å². The summed E-state index contributed by atoms with van der Waals surface area (Å²) in [4.78, 5) is 2.65. The van der Waals surface area contributed by atoms with Crippen molar-refractivity contribution in [2.45, 2.75) is 62.4 Å². The van der Waals surface area contributed by atoms with Crippen LogP contribution >= 0.6 is 0 Å². The molecule has 186 valence electrons. The third-order valence-electron chi connectivity index (χ3n) is 11.0. The summed E-state index contributed by atoms with van der Waals surface area (Å²) < 4.78 is 26.0. The van der Waals surface area contributed by atoms with Gasteiger partial charge in [0.15, 0.2) is 11.5 Å². The summed E-state index contributed by atoms with van der Waals surface area (Å²) in [6.45, 7) is 4.92. The summed E-state index contributed by atoms with van der Waals surface area (Å²) >= 11 is 0. The molecule has 1 saturated heterocycles. The average Bonchev–Trinajstić information content (AvgIpc) is 3.25. The summed E-state index contributed by atoms with van der Waals surface area (Å²) in [5.41, 5.74) is 3.88. The molecule has 0 aromatic heterocycles. The number of benzene rings is 2. The normalized spacial score (nSPS) is 40.3. The molecular formula is C30H37NO4. The minimum Gasteiger partial charge on any atom is -0.493 e. The van der Waals surface area contributed by atoms with E-state index in [1.807, 2.05) is 7.11 Å². The lowest BCUT2D eigenvalue weighted by Gasteiger charge is -2.76. The van der Waals surface area contributed by atoms with Gasteiger partial charge in [0, 0.05) is 35.5 Å². The fraction of sp³-hybridized carbons (Fsp3) is 0.600. The van der Waals surface area contributed by atoms with Crippen LogP contribution in [-0.2, 0) is 27.9 Å². The summed E-state index contributed by atoms with van der Waals surface area (Å²) in [6, 6.07) is 15.4. The van der Waals surface area contributed by atoms with Crippen molar-refractivity contribution in [2.75, 3.05) is 34.4 Å². The number of fused-ring (bicyclic) bond motifs is 2. The first-order chi connectivity index (χ1) is 17.0. The Labute approximate surface area is 208 Å². The molecular weight excluding hydrogens is 438 g/mol. The van der Waals surface area contributed by atoms with E-state index in [-0.39, 0.29) is 28.5 Å². The number of likely N-dealkylation sites (N-methyl/N-ethyl adjacent to an activating group) is 1. The molecule has 7 atom stereocenters. The van der Waals surface area contributed by atoms with Crippen LogP contribution in [0.15, 0.2) is 42.5 Å². The van der Waals surface area contributed by atoms with Crippen LogP contribution in [0.2, 0.25) is 0 Å². The van der Waals surface area contributed by atoms with Gasteiger partial charge in [0.05, 0.1) is 20.3 Å². The Morgan fingerprint density at radius 1 is 1.06 bits per heavy atom. The van der Waals surface area contributed by atoms with Crippen LogP contribution in [0.4, 0.5) is 0 Å². The second kappa shape index (κ2) is 7.47. The molecule has 0 N–H and O–H groups in total. The first kappa shape index (κ1) is 22.1. The topological polar surface area (TPSA) is 40.2 Å². The van der Waals surface area contributed by atoms with Crippen molar-refractivity contribution in [1.82, 2.24) is 4.90 Å². The van der Waals surface area contributed by atoms with Gasteiger partial charge in [0.1, 0.15) is 11.7 Å². The van der Waals surface area contributed by atoms with E-state index in [9.17, 15) is 0 Å². The predicted octanol–water partition coefficient (Wildman–Crippen LogP) is 4.60. The quantitative estimate of drug-likeness (QED) is 0.611. The zero-order valence-corrected chi connectivity index (χ0v) is 21.4. The number of piperidine rings is 1. The predicted molar refractivity (Wildman–Crippen MR) is 134 cm³/mol. The van der Waals surface area contributed by atoms with Crippen LogP contribution in [0, 0.1) is 17.3 Å². The molecule has 3 saturated carbocycles. The molecule has 0 unspecified atom stereocenters. The lowest BCUT2D eigenvalue weighted by atomic mass is 9.32. The minimum absolute atomic E-state index is 0.00294. The summed E-state index contributed by atoms with van der Waals surface area (Å²) in [6.07, 6.45) is 4.40. The van der Waals surface area contributed by atoms with E-state index >= 15 is 0 Å². The Balaban J connectivity index is 1.36. The Kier molecular flexibility index (Phi) is 4.73. The molecule has 0 amide bonds. The third-order valence-corrected chi connectivity index (χ3v) is 11.0. The van der Waals surface area contributed by atoms with Gasteiger partial charge in [-0.2, -0.15) is 0 Å². The molecule has 4 fully saturated rings. The minimum atomic E-state index is -0.364.